The summed E-state index contributed by atoms with van der Waals surface area (Å²) in [7, 11) is 1.58. The zero-order valence-corrected chi connectivity index (χ0v) is 26.3. The summed E-state index contributed by atoms with van der Waals surface area (Å²) >= 11 is 1.25. The molecule has 1 aromatic heterocycles. The molecular weight excluding hydrogens is 596 g/mol. The molecule has 1 atom stereocenters. The van der Waals surface area contributed by atoms with Gasteiger partial charge in [-0.05, 0) is 73.4 Å². The van der Waals surface area contributed by atoms with Gasteiger partial charge in [0.15, 0.2) is 28.1 Å². The third-order valence-corrected chi connectivity index (χ3v) is 8.60. The van der Waals surface area contributed by atoms with E-state index >= 15 is 0 Å². The number of aromatic nitrogens is 1. The number of amides is 1. The van der Waals surface area contributed by atoms with Crippen molar-refractivity contribution in [2.75, 3.05) is 38.4 Å². The molecule has 6 rings (SSSR count). The maximum Gasteiger partial charge on any atom is 0.301 e. The van der Waals surface area contributed by atoms with Crippen LogP contribution in [0, 0.1) is 5.92 Å². The number of aliphatic hydroxyl groups excluding tert-OH is 1. The Morgan fingerprint density at radius 2 is 1.82 bits per heavy atom. The number of aliphatic hydroxyl groups is 1. The molecule has 1 N–H and O–H groups in total. The number of carbonyl (C=O) groups is 2. The molecule has 4 aromatic rings. The van der Waals surface area contributed by atoms with Crippen molar-refractivity contribution >= 4 is 44.1 Å². The van der Waals surface area contributed by atoms with E-state index in [1.165, 1.54) is 16.2 Å². The van der Waals surface area contributed by atoms with Gasteiger partial charge in [-0.15, -0.1) is 0 Å². The zero-order valence-electron chi connectivity index (χ0n) is 25.5. The van der Waals surface area contributed by atoms with Crippen LogP contribution in [0.25, 0.3) is 16.0 Å². The molecular formula is C34H34N2O8S. The van der Waals surface area contributed by atoms with E-state index < -0.39 is 17.7 Å². The Balaban J connectivity index is 1.50. The third-order valence-electron chi connectivity index (χ3n) is 7.59. The molecule has 1 saturated heterocycles. The van der Waals surface area contributed by atoms with E-state index in [1.54, 1.807) is 55.6 Å². The van der Waals surface area contributed by atoms with Crippen LogP contribution in [0.5, 0.6) is 28.7 Å². The van der Waals surface area contributed by atoms with Crippen molar-refractivity contribution in [3.8, 4) is 28.7 Å². The highest BCUT2D eigenvalue weighted by atomic mass is 32.1. The Labute approximate surface area is 264 Å². The second kappa shape index (κ2) is 12.7. The number of anilines is 1. The van der Waals surface area contributed by atoms with Gasteiger partial charge >= 0.3 is 5.91 Å². The Morgan fingerprint density at radius 3 is 2.58 bits per heavy atom. The highest BCUT2D eigenvalue weighted by molar-refractivity contribution is 7.22. The van der Waals surface area contributed by atoms with E-state index in [4.69, 9.17) is 28.7 Å². The van der Waals surface area contributed by atoms with Gasteiger partial charge in [-0.3, -0.25) is 14.5 Å². The minimum atomic E-state index is -1.01. The van der Waals surface area contributed by atoms with Gasteiger partial charge < -0.3 is 28.8 Å². The quantitative estimate of drug-likeness (QED) is 0.119. The third kappa shape index (κ3) is 5.87. The van der Waals surface area contributed by atoms with E-state index in [0.29, 0.717) is 82.9 Å². The van der Waals surface area contributed by atoms with Gasteiger partial charge in [-0.1, -0.05) is 31.3 Å². The average molecular weight is 631 g/mol. The maximum atomic E-state index is 13.8. The van der Waals surface area contributed by atoms with Crippen LogP contribution in [-0.4, -0.2) is 55.3 Å². The SMILES string of the molecule is CCOc1cc([C@@H]2/C(=C(\O)c3ccc4c(c3)OCCO4)C(=O)C(=O)N2c2nc3ccc(OC)cc3s2)ccc1OCCC(C)C. The number of thiazole rings is 1. The molecule has 1 amide bonds. The first kappa shape index (κ1) is 30.3. The lowest BCUT2D eigenvalue weighted by molar-refractivity contribution is -0.132. The van der Waals surface area contributed by atoms with Gasteiger partial charge in [0, 0.05) is 5.56 Å². The van der Waals surface area contributed by atoms with Crippen LogP contribution in [-0.2, 0) is 9.59 Å². The molecule has 0 bridgehead atoms. The summed E-state index contributed by atoms with van der Waals surface area (Å²) in [5.41, 5.74) is 1.43. The fourth-order valence-electron chi connectivity index (χ4n) is 5.30. The number of ether oxygens (including phenoxy) is 5. The number of nitrogens with zero attached hydrogens (tertiary/aromatic N) is 2. The molecule has 3 aromatic carbocycles. The van der Waals surface area contributed by atoms with Gasteiger partial charge in [-0.2, -0.15) is 0 Å². The van der Waals surface area contributed by atoms with Crippen LogP contribution in [0.15, 0.2) is 60.2 Å². The molecule has 0 radical (unpaired) electrons. The first-order chi connectivity index (χ1) is 21.8. The number of Topliss-reactive ketones (excluding diaryl/α,β-unsaturated/α-hetero) is 1. The summed E-state index contributed by atoms with van der Waals surface area (Å²) in [4.78, 5) is 33.7. The second-order valence-corrected chi connectivity index (χ2v) is 12.0. The van der Waals surface area contributed by atoms with Gasteiger partial charge in [0.25, 0.3) is 5.78 Å². The number of hydrogen-bond donors (Lipinski definition) is 1. The Hall–Kier alpha value is -4.77. The largest absolute Gasteiger partial charge is 0.507 e. The fraction of sp³-hybridized carbons (Fsp3) is 0.324. The Kier molecular flexibility index (Phi) is 8.53. The topological polar surface area (TPSA) is 117 Å². The van der Waals surface area contributed by atoms with Crippen molar-refractivity contribution in [2.24, 2.45) is 5.92 Å². The molecule has 0 aliphatic carbocycles. The molecule has 0 saturated carbocycles. The monoisotopic (exact) mass is 630 g/mol. The number of fused-ring (bicyclic) bond motifs is 2. The minimum absolute atomic E-state index is 0.0792. The van der Waals surface area contributed by atoms with E-state index in [1.807, 2.05) is 13.0 Å². The lowest BCUT2D eigenvalue weighted by Crippen LogP contribution is -2.29. The molecule has 2 aliphatic rings. The molecule has 11 heteroatoms. The lowest BCUT2D eigenvalue weighted by atomic mass is 9.95. The van der Waals surface area contributed by atoms with Crippen LogP contribution in [0.2, 0.25) is 0 Å². The number of carbonyl (C=O) groups excluding carboxylic acids is 2. The first-order valence-corrected chi connectivity index (χ1v) is 15.7. The number of methoxy groups -OCH3 is 1. The second-order valence-electron chi connectivity index (χ2n) is 11.0. The van der Waals surface area contributed by atoms with E-state index in [0.717, 1.165) is 11.1 Å². The molecule has 234 valence electrons. The summed E-state index contributed by atoms with van der Waals surface area (Å²) in [5.74, 6) is 1.13. The van der Waals surface area contributed by atoms with Crippen LogP contribution < -0.4 is 28.6 Å². The number of hydrogen-bond acceptors (Lipinski definition) is 10. The predicted molar refractivity (Wildman–Crippen MR) is 171 cm³/mol. The standard InChI is InChI=1S/C34H34N2O8S/c1-5-41-26-16-20(6-10-24(26)42-13-12-19(2)3)30-29(31(37)21-7-11-25-27(17-21)44-15-14-43-25)32(38)33(39)36(30)34-35-23-9-8-22(40-4)18-28(23)45-34/h6-11,16-19,30,37H,5,12-15H2,1-4H3/b31-29+/t30-/m1/s1. The van der Waals surface area contributed by atoms with E-state index in [9.17, 15) is 14.7 Å². The van der Waals surface area contributed by atoms with Gasteiger partial charge in [0.05, 0.1) is 42.2 Å². The highest BCUT2D eigenvalue weighted by Crippen LogP contribution is 2.47. The fourth-order valence-corrected chi connectivity index (χ4v) is 6.32. The molecule has 1 fully saturated rings. The van der Waals surface area contributed by atoms with Crippen LogP contribution in [0.3, 0.4) is 0 Å². The average Bonchev–Trinajstić information content (AvgIpc) is 3.58. The van der Waals surface area contributed by atoms with Crippen molar-refractivity contribution in [1.82, 2.24) is 4.98 Å². The van der Waals surface area contributed by atoms with Crippen LogP contribution in [0.4, 0.5) is 5.13 Å². The number of benzene rings is 3. The summed E-state index contributed by atoms with van der Waals surface area (Å²) in [6.07, 6.45) is 0.866. The van der Waals surface area contributed by atoms with E-state index in [-0.39, 0.29) is 11.3 Å². The number of rotatable bonds is 10. The normalized spacial score (nSPS) is 17.3. The summed E-state index contributed by atoms with van der Waals surface area (Å²) in [6, 6.07) is 14.6. The van der Waals surface area contributed by atoms with Gasteiger partial charge in [-0.25, -0.2) is 4.98 Å². The summed E-state index contributed by atoms with van der Waals surface area (Å²) in [6.45, 7) is 7.77. The molecule has 45 heavy (non-hydrogen) atoms. The molecule has 10 nitrogen and oxygen atoms in total. The van der Waals surface area contributed by atoms with Crippen LogP contribution in [0.1, 0.15) is 44.4 Å². The van der Waals surface area contributed by atoms with Crippen LogP contribution >= 0.6 is 11.3 Å². The Bertz CT molecular complexity index is 1800. The van der Waals surface area contributed by atoms with Crippen molar-refractivity contribution < 1.29 is 38.4 Å². The first-order valence-electron chi connectivity index (χ1n) is 14.8. The van der Waals surface area contributed by atoms with Crippen molar-refractivity contribution in [2.45, 2.75) is 33.2 Å². The number of ketones is 1. The molecule has 0 spiro atoms. The predicted octanol–water partition coefficient (Wildman–Crippen LogP) is 6.53. The smallest absolute Gasteiger partial charge is 0.301 e. The summed E-state index contributed by atoms with van der Waals surface area (Å²) < 4.78 is 29.5. The maximum absolute atomic E-state index is 13.8. The van der Waals surface area contributed by atoms with Gasteiger partial charge in [0.1, 0.15) is 24.7 Å². The van der Waals surface area contributed by atoms with Crippen molar-refractivity contribution in [3.63, 3.8) is 0 Å². The molecule has 3 heterocycles. The highest BCUT2D eigenvalue weighted by Gasteiger charge is 2.48. The zero-order chi connectivity index (χ0) is 31.7. The van der Waals surface area contributed by atoms with E-state index in [2.05, 4.69) is 13.8 Å². The molecule has 2 aliphatic heterocycles. The van der Waals surface area contributed by atoms with Crippen molar-refractivity contribution in [3.05, 3.63) is 71.3 Å². The van der Waals surface area contributed by atoms with Gasteiger partial charge in [0.2, 0.25) is 0 Å². The van der Waals surface area contributed by atoms with Crippen molar-refractivity contribution in [1.29, 1.82) is 0 Å². The minimum Gasteiger partial charge on any atom is -0.507 e. The summed E-state index contributed by atoms with van der Waals surface area (Å²) in [5, 5.41) is 12.0. The molecule has 0 unspecified atom stereocenters. The lowest BCUT2D eigenvalue weighted by Gasteiger charge is -2.24. The Morgan fingerprint density at radius 1 is 1.02 bits per heavy atom.